The summed E-state index contributed by atoms with van der Waals surface area (Å²) in [4.78, 5) is 26.8. The number of hydrogen-bond donors (Lipinski definition) is 1. The number of nitrogens with one attached hydrogen (secondary N) is 1. The Balaban J connectivity index is 2.46. The molecule has 1 N–H and O–H groups in total. The van der Waals surface area contributed by atoms with E-state index in [-0.39, 0.29) is 5.84 Å². The largest absolute Gasteiger partial charge is 0.468 e. The Hall–Kier alpha value is -2.38. The number of methoxy groups -OCH3 is 1. The fraction of sp³-hybridized carbons (Fsp3) is 0.308. The SMILES string of the molecule is COC(=O)C1C(=O)NC(c2ccccc2)=NC1C(F)(F)F. The Morgan fingerprint density at radius 3 is 2.43 bits per heavy atom. The molecule has 0 aliphatic carbocycles. The molecule has 1 heterocycles. The molecule has 0 spiro atoms. The number of benzene rings is 1. The van der Waals surface area contributed by atoms with Crippen LogP contribution < -0.4 is 5.32 Å². The van der Waals surface area contributed by atoms with Crippen LogP contribution in [0.15, 0.2) is 35.3 Å². The molecule has 0 aromatic heterocycles. The van der Waals surface area contributed by atoms with Crippen LogP contribution in [0.3, 0.4) is 0 Å². The lowest BCUT2D eigenvalue weighted by Gasteiger charge is -2.28. The van der Waals surface area contributed by atoms with Crippen LogP contribution in [0.25, 0.3) is 0 Å². The van der Waals surface area contributed by atoms with Gasteiger partial charge in [0.15, 0.2) is 12.0 Å². The predicted octanol–water partition coefficient (Wildman–Crippen LogP) is 1.28. The van der Waals surface area contributed by atoms with Crippen molar-refractivity contribution < 1.29 is 27.5 Å². The molecule has 8 heteroatoms. The second kappa shape index (κ2) is 5.55. The third kappa shape index (κ3) is 3.04. The van der Waals surface area contributed by atoms with Gasteiger partial charge in [-0.05, 0) is 0 Å². The molecule has 0 saturated heterocycles. The van der Waals surface area contributed by atoms with E-state index in [2.05, 4.69) is 15.0 Å². The van der Waals surface area contributed by atoms with E-state index in [1.165, 1.54) is 12.1 Å². The molecule has 112 valence electrons. The van der Waals surface area contributed by atoms with Gasteiger partial charge in [0.1, 0.15) is 5.84 Å². The summed E-state index contributed by atoms with van der Waals surface area (Å²) in [6.45, 7) is 0. The van der Waals surface area contributed by atoms with E-state index >= 15 is 0 Å². The molecule has 0 saturated carbocycles. The van der Waals surface area contributed by atoms with Gasteiger partial charge < -0.3 is 10.1 Å². The van der Waals surface area contributed by atoms with Gasteiger partial charge in [-0.1, -0.05) is 30.3 Å². The van der Waals surface area contributed by atoms with E-state index in [9.17, 15) is 22.8 Å². The van der Waals surface area contributed by atoms with Gasteiger partial charge in [-0.25, -0.2) is 0 Å². The maximum absolute atomic E-state index is 13.1. The minimum atomic E-state index is -4.84. The number of alkyl halides is 3. The van der Waals surface area contributed by atoms with Crippen molar-refractivity contribution in [1.82, 2.24) is 5.32 Å². The number of hydrogen-bond acceptors (Lipinski definition) is 4. The molecule has 1 aliphatic rings. The Morgan fingerprint density at radius 2 is 1.90 bits per heavy atom. The normalized spacial score (nSPS) is 22.3. The van der Waals surface area contributed by atoms with Crippen molar-refractivity contribution in [2.75, 3.05) is 7.11 Å². The van der Waals surface area contributed by atoms with Crippen molar-refractivity contribution >= 4 is 17.7 Å². The Labute approximate surface area is 117 Å². The summed E-state index contributed by atoms with van der Waals surface area (Å²) in [7, 11) is 0.916. The molecular formula is C13H11F3N2O3. The van der Waals surface area contributed by atoms with Crippen LogP contribution in [0.5, 0.6) is 0 Å². The first-order valence-electron chi connectivity index (χ1n) is 5.93. The van der Waals surface area contributed by atoms with Gasteiger partial charge in [-0.2, -0.15) is 13.2 Å². The van der Waals surface area contributed by atoms with Crippen LogP contribution in [0.2, 0.25) is 0 Å². The molecule has 21 heavy (non-hydrogen) atoms. The number of carbonyl (C=O) groups is 2. The molecule has 1 aromatic rings. The number of amidine groups is 1. The molecule has 0 fully saturated rings. The summed E-state index contributed by atoms with van der Waals surface area (Å²) in [5.41, 5.74) is 0.323. The fourth-order valence-corrected chi connectivity index (χ4v) is 1.95. The maximum atomic E-state index is 13.1. The molecular weight excluding hydrogens is 289 g/mol. The predicted molar refractivity (Wildman–Crippen MR) is 66.5 cm³/mol. The number of esters is 1. The lowest BCUT2D eigenvalue weighted by atomic mass is 9.96. The summed E-state index contributed by atoms with van der Waals surface area (Å²) in [5, 5.41) is 2.21. The van der Waals surface area contributed by atoms with Crippen LogP contribution in [0.4, 0.5) is 13.2 Å². The van der Waals surface area contributed by atoms with Gasteiger partial charge in [-0.3, -0.25) is 14.6 Å². The fourth-order valence-electron chi connectivity index (χ4n) is 1.95. The van der Waals surface area contributed by atoms with Crippen molar-refractivity contribution in [1.29, 1.82) is 0 Å². The lowest BCUT2D eigenvalue weighted by molar-refractivity contribution is -0.178. The third-order valence-electron chi connectivity index (χ3n) is 2.95. The zero-order chi connectivity index (χ0) is 15.6. The van der Waals surface area contributed by atoms with Crippen LogP contribution in [-0.4, -0.2) is 37.0 Å². The van der Waals surface area contributed by atoms with Gasteiger partial charge >= 0.3 is 12.1 Å². The van der Waals surface area contributed by atoms with Gasteiger partial charge in [-0.15, -0.1) is 0 Å². The van der Waals surface area contributed by atoms with Gasteiger partial charge in [0, 0.05) is 5.56 Å². The summed E-state index contributed by atoms with van der Waals surface area (Å²) in [5.74, 6) is -4.62. The van der Waals surface area contributed by atoms with Crippen LogP contribution in [0.1, 0.15) is 5.56 Å². The molecule has 0 radical (unpaired) electrons. The zero-order valence-electron chi connectivity index (χ0n) is 10.8. The highest BCUT2D eigenvalue weighted by molar-refractivity contribution is 6.14. The maximum Gasteiger partial charge on any atom is 0.412 e. The van der Waals surface area contributed by atoms with Crippen LogP contribution >= 0.6 is 0 Å². The Kier molecular flexibility index (Phi) is 3.97. The first-order valence-corrected chi connectivity index (χ1v) is 5.93. The van der Waals surface area contributed by atoms with E-state index in [1.54, 1.807) is 18.2 Å². The average Bonchev–Trinajstić information content (AvgIpc) is 2.45. The Bertz CT molecular complexity index is 584. The van der Waals surface area contributed by atoms with Gasteiger partial charge in [0.05, 0.1) is 7.11 Å². The summed E-state index contributed by atoms with van der Waals surface area (Å²) in [6, 6.07) is 5.41. The van der Waals surface area contributed by atoms with Crippen LogP contribution in [-0.2, 0) is 14.3 Å². The highest BCUT2D eigenvalue weighted by atomic mass is 19.4. The van der Waals surface area contributed by atoms with Gasteiger partial charge in [0.25, 0.3) is 0 Å². The Morgan fingerprint density at radius 1 is 1.29 bits per heavy atom. The average molecular weight is 300 g/mol. The summed E-state index contributed by atoms with van der Waals surface area (Å²) in [6.07, 6.45) is -4.84. The van der Waals surface area contributed by atoms with Crippen LogP contribution in [0, 0.1) is 5.92 Å². The van der Waals surface area contributed by atoms with E-state index in [0.717, 1.165) is 7.11 Å². The minimum Gasteiger partial charge on any atom is -0.468 e. The number of ether oxygens (including phenoxy) is 1. The number of aliphatic imine (C=N–C) groups is 1. The van der Waals surface area contributed by atoms with Crippen molar-refractivity contribution in [2.24, 2.45) is 10.9 Å². The van der Waals surface area contributed by atoms with Crippen molar-refractivity contribution in [3.8, 4) is 0 Å². The first-order chi connectivity index (χ1) is 9.84. The topological polar surface area (TPSA) is 67.8 Å². The van der Waals surface area contributed by atoms with Crippen molar-refractivity contribution in [3.63, 3.8) is 0 Å². The minimum absolute atomic E-state index is 0.219. The standard InChI is InChI=1S/C13H11F3N2O3/c1-21-12(20)8-9(13(14,15)16)17-10(18-11(8)19)7-5-3-2-4-6-7/h2-6,8-9H,1H3,(H,17,18,19). The zero-order valence-corrected chi connectivity index (χ0v) is 10.8. The molecule has 1 aromatic carbocycles. The molecule has 1 aliphatic heterocycles. The molecule has 0 bridgehead atoms. The molecule has 2 atom stereocenters. The van der Waals surface area contributed by atoms with Gasteiger partial charge in [0.2, 0.25) is 5.91 Å². The van der Waals surface area contributed by atoms with Crippen molar-refractivity contribution in [2.45, 2.75) is 12.2 Å². The number of nitrogens with zero attached hydrogens (tertiary/aromatic N) is 1. The summed E-state index contributed by atoms with van der Waals surface area (Å²) >= 11 is 0. The molecule has 2 rings (SSSR count). The number of amides is 1. The monoisotopic (exact) mass is 300 g/mol. The number of rotatable bonds is 2. The highest BCUT2D eigenvalue weighted by Crippen LogP contribution is 2.32. The van der Waals surface area contributed by atoms with E-state index in [1.807, 2.05) is 0 Å². The lowest BCUT2D eigenvalue weighted by Crippen LogP contribution is -2.54. The van der Waals surface area contributed by atoms with E-state index < -0.39 is 30.0 Å². The smallest absolute Gasteiger partial charge is 0.412 e. The molecule has 2 unspecified atom stereocenters. The highest BCUT2D eigenvalue weighted by Gasteiger charge is 2.53. The van der Waals surface area contributed by atoms with E-state index in [4.69, 9.17) is 0 Å². The second-order valence-electron chi connectivity index (χ2n) is 4.32. The third-order valence-corrected chi connectivity index (χ3v) is 2.95. The first kappa shape index (κ1) is 15.0. The quantitative estimate of drug-likeness (QED) is 0.661. The second-order valence-corrected chi connectivity index (χ2v) is 4.32. The molecule has 5 nitrogen and oxygen atoms in total. The summed E-state index contributed by atoms with van der Waals surface area (Å²) < 4.78 is 43.4. The van der Waals surface area contributed by atoms with E-state index in [0.29, 0.717) is 5.56 Å². The van der Waals surface area contributed by atoms with Crippen molar-refractivity contribution in [3.05, 3.63) is 35.9 Å². The number of halogens is 3. The number of carbonyl (C=O) groups excluding carboxylic acids is 2. The molecule has 1 amide bonds.